The zero-order valence-electron chi connectivity index (χ0n) is 17.7. The number of fused-ring (bicyclic) bond motifs is 1. The number of hydrogen-bond acceptors (Lipinski definition) is 6. The van der Waals surface area contributed by atoms with Gasteiger partial charge in [-0.1, -0.05) is 0 Å². The number of aryl methyl sites for hydroxylation is 2. The van der Waals surface area contributed by atoms with E-state index in [1.54, 1.807) is 10.6 Å². The molecule has 1 aliphatic rings. The van der Waals surface area contributed by atoms with Crippen LogP contribution in [0.25, 0.3) is 5.65 Å². The zero-order chi connectivity index (χ0) is 22.2. The molecule has 10 heteroatoms. The summed E-state index contributed by atoms with van der Waals surface area (Å²) in [5, 5.41) is 4.48. The Morgan fingerprint density at radius 3 is 2.61 bits per heavy atom. The predicted octanol–water partition coefficient (Wildman–Crippen LogP) is 2.97. The lowest BCUT2D eigenvalue weighted by atomic mass is 9.99. The molecule has 3 heterocycles. The first-order valence-corrected chi connectivity index (χ1v) is 11.5. The second-order valence-electron chi connectivity index (χ2n) is 7.68. The number of benzene rings is 1. The second kappa shape index (κ2) is 8.43. The van der Waals surface area contributed by atoms with Crippen LogP contribution in [0.2, 0.25) is 0 Å². The molecule has 1 fully saturated rings. The number of rotatable bonds is 6. The molecular weight excluding hydrogens is 423 g/mol. The molecule has 3 aromatic rings. The fourth-order valence-corrected chi connectivity index (χ4v) is 5.36. The summed E-state index contributed by atoms with van der Waals surface area (Å²) >= 11 is 0. The molecule has 4 rings (SSSR count). The summed E-state index contributed by atoms with van der Waals surface area (Å²) in [6, 6.07) is 7.17. The molecule has 0 unspecified atom stereocenters. The van der Waals surface area contributed by atoms with E-state index >= 15 is 0 Å². The third-order valence-electron chi connectivity index (χ3n) is 5.70. The van der Waals surface area contributed by atoms with Gasteiger partial charge < -0.3 is 9.47 Å². The molecule has 8 nitrogen and oxygen atoms in total. The molecule has 1 aromatic carbocycles. The summed E-state index contributed by atoms with van der Waals surface area (Å²) in [6.07, 6.45) is 1.28. The molecule has 0 saturated carbocycles. The Morgan fingerprint density at radius 2 is 1.90 bits per heavy atom. The van der Waals surface area contributed by atoms with Crippen LogP contribution in [-0.2, 0) is 10.0 Å². The second-order valence-corrected chi connectivity index (χ2v) is 9.58. The largest absolute Gasteiger partial charge is 0.495 e. The van der Waals surface area contributed by atoms with Crippen LogP contribution in [0.4, 0.5) is 4.39 Å². The standard InChI is InChI=1S/C21H25FN4O4S/c1-14-15(2)26-20(23-14)6-7-21(24-26)30-13-16-8-10-25(11-9-16)31(27,28)19-12-17(22)4-5-18(19)29-3/h4-7,12,16H,8-11,13H2,1-3H3. The monoisotopic (exact) mass is 448 g/mol. The number of imidazole rings is 1. The first kappa shape index (κ1) is 21.5. The van der Waals surface area contributed by atoms with Crippen LogP contribution in [-0.4, -0.2) is 54.1 Å². The van der Waals surface area contributed by atoms with Crippen LogP contribution in [0.5, 0.6) is 11.6 Å². The van der Waals surface area contributed by atoms with Gasteiger partial charge in [0.15, 0.2) is 5.65 Å². The highest BCUT2D eigenvalue weighted by Crippen LogP contribution is 2.30. The Labute approximate surface area is 180 Å². The van der Waals surface area contributed by atoms with Crippen LogP contribution in [0.1, 0.15) is 24.2 Å². The average molecular weight is 449 g/mol. The van der Waals surface area contributed by atoms with Gasteiger partial charge in [0.25, 0.3) is 0 Å². The van der Waals surface area contributed by atoms with Gasteiger partial charge in [0.05, 0.1) is 25.1 Å². The molecule has 0 bridgehead atoms. The highest BCUT2D eigenvalue weighted by atomic mass is 32.2. The SMILES string of the molecule is COc1ccc(F)cc1S(=O)(=O)N1CCC(COc2ccc3nc(C)c(C)n3n2)CC1. The van der Waals surface area contributed by atoms with Gasteiger partial charge in [0, 0.05) is 19.2 Å². The minimum atomic E-state index is -3.84. The first-order chi connectivity index (χ1) is 14.8. The minimum absolute atomic E-state index is 0.137. The molecule has 166 valence electrons. The summed E-state index contributed by atoms with van der Waals surface area (Å²) in [6.45, 7) is 5.01. The van der Waals surface area contributed by atoms with Crippen molar-refractivity contribution in [2.45, 2.75) is 31.6 Å². The van der Waals surface area contributed by atoms with Gasteiger partial charge >= 0.3 is 0 Å². The minimum Gasteiger partial charge on any atom is -0.495 e. The maximum absolute atomic E-state index is 13.7. The smallest absolute Gasteiger partial charge is 0.246 e. The zero-order valence-corrected chi connectivity index (χ0v) is 18.5. The molecule has 0 aliphatic carbocycles. The number of sulfonamides is 1. The van der Waals surface area contributed by atoms with E-state index in [-0.39, 0.29) is 16.6 Å². The fraction of sp³-hybridized carbons (Fsp3) is 0.429. The van der Waals surface area contributed by atoms with E-state index in [1.807, 2.05) is 19.9 Å². The van der Waals surface area contributed by atoms with Crippen molar-refractivity contribution in [3.8, 4) is 11.6 Å². The summed E-state index contributed by atoms with van der Waals surface area (Å²) < 4.78 is 53.8. The van der Waals surface area contributed by atoms with Gasteiger partial charge in [-0.05, 0) is 56.9 Å². The Balaban J connectivity index is 1.39. The lowest BCUT2D eigenvalue weighted by Gasteiger charge is -2.31. The molecular formula is C21H25FN4O4S. The maximum atomic E-state index is 13.7. The van der Waals surface area contributed by atoms with E-state index in [1.165, 1.54) is 23.5 Å². The third kappa shape index (κ3) is 4.22. The van der Waals surface area contributed by atoms with Crippen molar-refractivity contribution in [1.82, 2.24) is 18.9 Å². The van der Waals surface area contributed by atoms with Crippen LogP contribution >= 0.6 is 0 Å². The van der Waals surface area contributed by atoms with Gasteiger partial charge in [0.2, 0.25) is 15.9 Å². The predicted molar refractivity (Wildman–Crippen MR) is 112 cm³/mol. The lowest BCUT2D eigenvalue weighted by molar-refractivity contribution is 0.179. The molecule has 1 saturated heterocycles. The van der Waals surface area contributed by atoms with E-state index in [0.29, 0.717) is 38.4 Å². The van der Waals surface area contributed by atoms with Crippen molar-refractivity contribution in [3.05, 3.63) is 47.5 Å². The van der Waals surface area contributed by atoms with Crippen molar-refractivity contribution < 1.29 is 22.3 Å². The topological polar surface area (TPSA) is 86.0 Å². The molecule has 0 N–H and O–H groups in total. The summed E-state index contributed by atoms with van der Waals surface area (Å²) in [5.74, 6) is 0.227. The van der Waals surface area contributed by atoms with Crippen LogP contribution < -0.4 is 9.47 Å². The number of piperidine rings is 1. The van der Waals surface area contributed by atoms with Gasteiger partial charge in [-0.15, -0.1) is 5.10 Å². The molecule has 0 radical (unpaired) electrons. The highest BCUT2D eigenvalue weighted by Gasteiger charge is 2.32. The van der Waals surface area contributed by atoms with Crippen molar-refractivity contribution in [1.29, 1.82) is 0 Å². The van der Waals surface area contributed by atoms with Crippen molar-refractivity contribution >= 4 is 15.7 Å². The summed E-state index contributed by atoms with van der Waals surface area (Å²) in [5.41, 5.74) is 2.66. The molecule has 1 aliphatic heterocycles. The quantitative estimate of drug-likeness (QED) is 0.576. The maximum Gasteiger partial charge on any atom is 0.246 e. The summed E-state index contributed by atoms with van der Waals surface area (Å²) in [7, 11) is -2.47. The fourth-order valence-electron chi connectivity index (χ4n) is 3.72. The third-order valence-corrected chi connectivity index (χ3v) is 7.62. The molecule has 2 aromatic heterocycles. The number of aromatic nitrogens is 3. The van der Waals surface area contributed by atoms with Gasteiger partial charge in [-0.25, -0.2) is 22.3 Å². The van der Waals surface area contributed by atoms with Gasteiger partial charge in [0.1, 0.15) is 16.5 Å². The van der Waals surface area contributed by atoms with Gasteiger partial charge in [-0.2, -0.15) is 4.31 Å². The summed E-state index contributed by atoms with van der Waals surface area (Å²) in [4.78, 5) is 4.28. The molecule has 0 atom stereocenters. The number of nitrogens with zero attached hydrogens (tertiary/aromatic N) is 4. The molecule has 31 heavy (non-hydrogen) atoms. The number of halogens is 1. The van der Waals surface area contributed by atoms with Crippen molar-refractivity contribution in [2.75, 3.05) is 26.8 Å². The van der Waals surface area contributed by atoms with E-state index < -0.39 is 15.8 Å². The van der Waals surface area contributed by atoms with Crippen molar-refractivity contribution in [2.24, 2.45) is 5.92 Å². The number of methoxy groups -OCH3 is 1. The number of hydrogen-bond donors (Lipinski definition) is 0. The lowest BCUT2D eigenvalue weighted by Crippen LogP contribution is -2.39. The Morgan fingerprint density at radius 1 is 1.16 bits per heavy atom. The normalized spacial score (nSPS) is 16.0. The van der Waals surface area contributed by atoms with Crippen LogP contribution in [0, 0.1) is 25.6 Å². The van der Waals surface area contributed by atoms with E-state index in [0.717, 1.165) is 23.1 Å². The Kier molecular flexibility index (Phi) is 5.85. The first-order valence-electron chi connectivity index (χ1n) is 10.1. The van der Waals surface area contributed by atoms with Crippen LogP contribution in [0.15, 0.2) is 35.2 Å². The van der Waals surface area contributed by atoms with Crippen molar-refractivity contribution in [3.63, 3.8) is 0 Å². The molecule has 0 amide bonds. The highest BCUT2D eigenvalue weighted by molar-refractivity contribution is 7.89. The Bertz CT molecular complexity index is 1200. The van der Waals surface area contributed by atoms with E-state index in [4.69, 9.17) is 9.47 Å². The van der Waals surface area contributed by atoms with E-state index in [9.17, 15) is 12.8 Å². The van der Waals surface area contributed by atoms with E-state index in [2.05, 4.69) is 10.1 Å². The van der Waals surface area contributed by atoms with Crippen LogP contribution in [0.3, 0.4) is 0 Å². The van der Waals surface area contributed by atoms with Gasteiger partial charge in [-0.3, -0.25) is 0 Å². The number of ether oxygens (including phenoxy) is 2. The average Bonchev–Trinajstić information content (AvgIpc) is 3.05. The molecule has 0 spiro atoms. The Hall–Kier alpha value is -2.72.